The first-order chi connectivity index (χ1) is 8.63. The van der Waals surface area contributed by atoms with E-state index in [0.717, 1.165) is 52.0 Å². The lowest BCUT2D eigenvalue weighted by atomic mass is 9.97. The fourth-order valence-corrected chi connectivity index (χ4v) is 2.46. The number of morpholine rings is 1. The molecule has 1 aliphatic rings. The molecule has 1 heterocycles. The average Bonchev–Trinajstić information content (AvgIpc) is 2.39. The van der Waals surface area contributed by atoms with Gasteiger partial charge in [0.2, 0.25) is 0 Å². The van der Waals surface area contributed by atoms with Gasteiger partial charge in [-0.25, -0.2) is 0 Å². The summed E-state index contributed by atoms with van der Waals surface area (Å²) in [7, 11) is 0. The third-order valence-corrected chi connectivity index (χ3v) is 3.64. The maximum atomic E-state index is 9.19. The molecular weight excluding hydrogens is 226 g/mol. The normalized spacial score (nSPS) is 24.4. The van der Waals surface area contributed by atoms with Gasteiger partial charge >= 0.3 is 0 Å². The van der Waals surface area contributed by atoms with Gasteiger partial charge in [0.05, 0.1) is 18.8 Å². The highest BCUT2D eigenvalue weighted by Gasteiger charge is 2.23. The molecule has 0 aliphatic carbocycles. The quantitative estimate of drug-likeness (QED) is 0.751. The minimum atomic E-state index is -0.370. The van der Waals surface area contributed by atoms with E-state index in [1.165, 1.54) is 0 Å². The Morgan fingerprint density at radius 2 is 2.28 bits per heavy atom. The first-order valence-corrected chi connectivity index (χ1v) is 7.13. The summed E-state index contributed by atoms with van der Waals surface area (Å²) >= 11 is 0. The molecule has 0 aromatic rings. The maximum absolute atomic E-state index is 9.19. The Morgan fingerprint density at radius 3 is 2.89 bits per heavy atom. The van der Waals surface area contributed by atoms with E-state index < -0.39 is 0 Å². The molecular formula is C14H27N3O. The number of nitrogens with one attached hydrogen (secondary N) is 1. The van der Waals surface area contributed by atoms with Gasteiger partial charge in [-0.15, -0.1) is 0 Å². The molecule has 104 valence electrons. The first-order valence-electron chi connectivity index (χ1n) is 7.13. The van der Waals surface area contributed by atoms with Crippen LogP contribution in [0.5, 0.6) is 0 Å². The van der Waals surface area contributed by atoms with Gasteiger partial charge in [0.1, 0.15) is 5.54 Å². The van der Waals surface area contributed by atoms with E-state index in [4.69, 9.17) is 4.74 Å². The predicted octanol–water partition coefficient (Wildman–Crippen LogP) is 1.77. The zero-order valence-corrected chi connectivity index (χ0v) is 12.0. The second-order valence-electron chi connectivity index (χ2n) is 5.28. The van der Waals surface area contributed by atoms with Crippen molar-refractivity contribution in [3.63, 3.8) is 0 Å². The predicted molar refractivity (Wildman–Crippen MR) is 73.4 cm³/mol. The van der Waals surface area contributed by atoms with Crippen molar-refractivity contribution in [3.8, 4) is 6.07 Å². The monoisotopic (exact) mass is 253 g/mol. The van der Waals surface area contributed by atoms with Crippen LogP contribution in [0.1, 0.15) is 40.0 Å². The fraction of sp³-hybridized carbons (Fsp3) is 0.929. The van der Waals surface area contributed by atoms with Gasteiger partial charge in [-0.05, 0) is 39.3 Å². The number of rotatable bonds is 7. The van der Waals surface area contributed by atoms with Crippen LogP contribution >= 0.6 is 0 Å². The van der Waals surface area contributed by atoms with E-state index >= 15 is 0 Å². The average molecular weight is 253 g/mol. The molecule has 0 amide bonds. The summed E-state index contributed by atoms with van der Waals surface area (Å²) in [5.74, 6) is 0. The second-order valence-corrected chi connectivity index (χ2v) is 5.28. The molecule has 1 saturated heterocycles. The van der Waals surface area contributed by atoms with Crippen LogP contribution in [0.25, 0.3) is 0 Å². The lowest BCUT2D eigenvalue weighted by Crippen LogP contribution is -2.44. The minimum absolute atomic E-state index is 0.370. The van der Waals surface area contributed by atoms with Crippen LogP contribution in [0.3, 0.4) is 0 Å². The van der Waals surface area contributed by atoms with Gasteiger partial charge in [-0.3, -0.25) is 10.2 Å². The molecule has 4 nitrogen and oxygen atoms in total. The number of hydrogen-bond acceptors (Lipinski definition) is 4. The van der Waals surface area contributed by atoms with Gasteiger partial charge in [0, 0.05) is 13.1 Å². The largest absolute Gasteiger partial charge is 0.376 e. The molecule has 2 atom stereocenters. The van der Waals surface area contributed by atoms with Crippen molar-refractivity contribution < 1.29 is 4.74 Å². The van der Waals surface area contributed by atoms with Gasteiger partial charge in [0.15, 0.2) is 0 Å². The Hall–Kier alpha value is -0.630. The van der Waals surface area contributed by atoms with Crippen molar-refractivity contribution >= 4 is 0 Å². The molecule has 0 radical (unpaired) electrons. The molecule has 4 heteroatoms. The van der Waals surface area contributed by atoms with Crippen LogP contribution in [0, 0.1) is 11.3 Å². The molecule has 18 heavy (non-hydrogen) atoms. The Balaban J connectivity index is 2.26. The summed E-state index contributed by atoms with van der Waals surface area (Å²) in [6, 6.07) is 2.38. The lowest BCUT2D eigenvalue weighted by molar-refractivity contribution is -0.0302. The van der Waals surface area contributed by atoms with Crippen molar-refractivity contribution in [1.29, 1.82) is 5.26 Å². The van der Waals surface area contributed by atoms with Crippen LogP contribution < -0.4 is 5.32 Å². The number of nitriles is 1. The van der Waals surface area contributed by atoms with Crippen molar-refractivity contribution in [2.45, 2.75) is 51.7 Å². The summed E-state index contributed by atoms with van der Waals surface area (Å²) in [5, 5.41) is 12.4. The van der Waals surface area contributed by atoms with Crippen LogP contribution in [0.15, 0.2) is 0 Å². The molecule has 0 bridgehead atoms. The minimum Gasteiger partial charge on any atom is -0.376 e. The highest BCUT2D eigenvalue weighted by molar-refractivity contribution is 5.03. The van der Waals surface area contributed by atoms with Gasteiger partial charge in [-0.1, -0.05) is 13.8 Å². The molecule has 1 rings (SSSR count). The molecule has 1 N–H and O–H groups in total. The summed E-state index contributed by atoms with van der Waals surface area (Å²) in [5.41, 5.74) is -0.370. The topological polar surface area (TPSA) is 48.3 Å². The van der Waals surface area contributed by atoms with Crippen LogP contribution in [0.2, 0.25) is 0 Å². The van der Waals surface area contributed by atoms with Crippen molar-refractivity contribution in [2.24, 2.45) is 0 Å². The van der Waals surface area contributed by atoms with E-state index in [2.05, 4.69) is 23.2 Å². The molecule has 0 aromatic carbocycles. The van der Waals surface area contributed by atoms with Crippen LogP contribution in [-0.4, -0.2) is 49.3 Å². The second kappa shape index (κ2) is 7.73. The van der Waals surface area contributed by atoms with E-state index in [1.54, 1.807) is 0 Å². The highest BCUT2D eigenvalue weighted by atomic mass is 16.5. The molecule has 1 fully saturated rings. The van der Waals surface area contributed by atoms with Crippen molar-refractivity contribution in [2.75, 3.05) is 32.8 Å². The highest BCUT2D eigenvalue weighted by Crippen LogP contribution is 2.14. The first kappa shape index (κ1) is 15.4. The third-order valence-electron chi connectivity index (χ3n) is 3.64. The van der Waals surface area contributed by atoms with E-state index in [0.29, 0.717) is 6.10 Å². The van der Waals surface area contributed by atoms with Gasteiger partial charge < -0.3 is 4.74 Å². The Kier molecular flexibility index (Phi) is 6.62. The van der Waals surface area contributed by atoms with Crippen LogP contribution in [0.4, 0.5) is 0 Å². The fourth-order valence-electron chi connectivity index (χ4n) is 2.46. The van der Waals surface area contributed by atoms with E-state index in [1.807, 2.05) is 13.8 Å². The summed E-state index contributed by atoms with van der Waals surface area (Å²) < 4.78 is 5.66. The smallest absolute Gasteiger partial charge is 0.103 e. The molecule has 0 spiro atoms. The standard InChI is InChI=1S/C14H27N3O/c1-4-13-11-17(9-10-18-13)8-6-7-14(3,12-15)16-5-2/h13,16H,4-11H2,1-3H3. The van der Waals surface area contributed by atoms with Crippen molar-refractivity contribution in [1.82, 2.24) is 10.2 Å². The Bertz CT molecular complexity index is 277. The number of hydrogen-bond donors (Lipinski definition) is 1. The zero-order chi connectivity index (χ0) is 13.4. The molecule has 2 unspecified atom stereocenters. The zero-order valence-electron chi connectivity index (χ0n) is 12.0. The Labute approximate surface area is 111 Å². The van der Waals surface area contributed by atoms with Gasteiger partial charge in [-0.2, -0.15) is 5.26 Å². The number of ether oxygens (including phenoxy) is 1. The third kappa shape index (κ3) is 4.93. The summed E-state index contributed by atoms with van der Waals surface area (Å²) in [4.78, 5) is 2.46. The lowest BCUT2D eigenvalue weighted by Gasteiger charge is -2.33. The van der Waals surface area contributed by atoms with E-state index in [-0.39, 0.29) is 5.54 Å². The van der Waals surface area contributed by atoms with Gasteiger partial charge in [0.25, 0.3) is 0 Å². The molecule has 1 aliphatic heterocycles. The Morgan fingerprint density at radius 1 is 1.50 bits per heavy atom. The van der Waals surface area contributed by atoms with Crippen LogP contribution in [-0.2, 0) is 4.74 Å². The summed E-state index contributed by atoms with van der Waals surface area (Å²) in [6.45, 7) is 11.0. The SMILES string of the molecule is CCNC(C)(C#N)CCCN1CCOC(CC)C1. The molecule has 0 saturated carbocycles. The number of nitrogens with zero attached hydrogens (tertiary/aromatic N) is 2. The summed E-state index contributed by atoms with van der Waals surface area (Å²) in [6.07, 6.45) is 3.46. The molecule has 0 aromatic heterocycles. The van der Waals surface area contributed by atoms with Crippen molar-refractivity contribution in [3.05, 3.63) is 0 Å². The van der Waals surface area contributed by atoms with E-state index in [9.17, 15) is 5.26 Å². The maximum Gasteiger partial charge on any atom is 0.103 e.